The minimum Gasteiger partial charge on any atom is -0.479 e. The van der Waals surface area contributed by atoms with Gasteiger partial charge in [-0.15, -0.1) is 0 Å². The number of aliphatic carboxylic acids is 1. The molecule has 0 spiro atoms. The number of hydrogen-bond donors (Lipinski definition) is 2. The number of piperidine rings is 1. The molecule has 1 aliphatic carbocycles. The molecule has 0 unspecified atom stereocenters. The molecule has 1 saturated carbocycles. The van der Waals surface area contributed by atoms with Crippen LogP contribution in [0.15, 0.2) is 30.3 Å². The molecule has 1 aliphatic heterocycles. The summed E-state index contributed by atoms with van der Waals surface area (Å²) in [5.74, 6) is -1.15. The van der Waals surface area contributed by atoms with Gasteiger partial charge in [0.05, 0.1) is 0 Å². The molecule has 3 rings (SSSR count). The van der Waals surface area contributed by atoms with Gasteiger partial charge in [-0.1, -0.05) is 36.8 Å². The van der Waals surface area contributed by atoms with E-state index in [1.54, 1.807) is 30.3 Å². The van der Waals surface area contributed by atoms with Crippen LogP contribution >= 0.6 is 0 Å². The Bertz CT molecular complexity index is 634. The SMILES string of the molecule is O=C(N[C@H](C(=O)O)c1ccccc1)C1CCN(C(=O)C2CCC2)CC1. The van der Waals surface area contributed by atoms with Crippen LogP contribution in [0.4, 0.5) is 0 Å². The molecular weight excluding hydrogens is 320 g/mol. The molecule has 6 heteroatoms. The largest absolute Gasteiger partial charge is 0.479 e. The van der Waals surface area contributed by atoms with Crippen LogP contribution in [0, 0.1) is 11.8 Å². The fourth-order valence-corrected chi connectivity index (χ4v) is 3.47. The van der Waals surface area contributed by atoms with Gasteiger partial charge in [0.25, 0.3) is 0 Å². The minimum atomic E-state index is -1.07. The van der Waals surface area contributed by atoms with E-state index in [1.165, 1.54) is 0 Å². The number of hydrogen-bond acceptors (Lipinski definition) is 3. The van der Waals surface area contributed by atoms with E-state index < -0.39 is 12.0 Å². The van der Waals surface area contributed by atoms with E-state index in [1.807, 2.05) is 4.90 Å². The molecule has 1 saturated heterocycles. The second-order valence-corrected chi connectivity index (χ2v) is 6.92. The Morgan fingerprint density at radius 3 is 2.16 bits per heavy atom. The van der Waals surface area contributed by atoms with Crippen LogP contribution in [0.2, 0.25) is 0 Å². The van der Waals surface area contributed by atoms with Gasteiger partial charge >= 0.3 is 5.97 Å². The topological polar surface area (TPSA) is 86.7 Å². The molecule has 25 heavy (non-hydrogen) atoms. The average molecular weight is 344 g/mol. The van der Waals surface area contributed by atoms with Crippen LogP contribution in [0.3, 0.4) is 0 Å². The van der Waals surface area contributed by atoms with Crippen molar-refractivity contribution < 1.29 is 19.5 Å². The van der Waals surface area contributed by atoms with Crippen molar-refractivity contribution in [1.82, 2.24) is 10.2 Å². The molecule has 1 heterocycles. The highest BCUT2D eigenvalue weighted by Gasteiger charge is 2.34. The second kappa shape index (κ2) is 7.68. The van der Waals surface area contributed by atoms with E-state index in [0.717, 1.165) is 19.3 Å². The van der Waals surface area contributed by atoms with E-state index in [0.29, 0.717) is 31.5 Å². The van der Waals surface area contributed by atoms with E-state index >= 15 is 0 Å². The number of nitrogens with zero attached hydrogens (tertiary/aromatic N) is 1. The number of likely N-dealkylation sites (tertiary alicyclic amines) is 1. The molecule has 2 N–H and O–H groups in total. The van der Waals surface area contributed by atoms with Gasteiger partial charge in [-0.05, 0) is 31.2 Å². The van der Waals surface area contributed by atoms with Crippen molar-refractivity contribution in [2.45, 2.75) is 38.1 Å². The van der Waals surface area contributed by atoms with Crippen molar-refractivity contribution in [3.63, 3.8) is 0 Å². The summed E-state index contributed by atoms with van der Waals surface area (Å²) in [5.41, 5.74) is 0.556. The zero-order chi connectivity index (χ0) is 17.8. The maximum atomic E-state index is 12.5. The van der Waals surface area contributed by atoms with Gasteiger partial charge in [-0.25, -0.2) is 4.79 Å². The molecule has 6 nitrogen and oxygen atoms in total. The van der Waals surface area contributed by atoms with Crippen molar-refractivity contribution in [3.05, 3.63) is 35.9 Å². The summed E-state index contributed by atoms with van der Waals surface area (Å²) in [6, 6.07) is 7.66. The third-order valence-electron chi connectivity index (χ3n) is 5.30. The molecule has 1 atom stereocenters. The summed E-state index contributed by atoms with van der Waals surface area (Å²) in [7, 11) is 0. The van der Waals surface area contributed by atoms with Crippen molar-refractivity contribution in [2.75, 3.05) is 13.1 Å². The predicted molar refractivity (Wildman–Crippen MR) is 91.6 cm³/mol. The molecular formula is C19H24N2O4. The summed E-state index contributed by atoms with van der Waals surface area (Å²) >= 11 is 0. The summed E-state index contributed by atoms with van der Waals surface area (Å²) in [6.07, 6.45) is 4.27. The molecule has 1 aromatic carbocycles. The highest BCUT2D eigenvalue weighted by atomic mass is 16.4. The number of carboxylic acid groups (broad SMARTS) is 1. The highest BCUT2D eigenvalue weighted by Crippen LogP contribution is 2.30. The van der Waals surface area contributed by atoms with E-state index in [2.05, 4.69) is 5.32 Å². The second-order valence-electron chi connectivity index (χ2n) is 6.92. The van der Waals surface area contributed by atoms with Gasteiger partial charge in [-0.2, -0.15) is 0 Å². The van der Waals surface area contributed by atoms with Crippen LogP contribution in [-0.4, -0.2) is 40.9 Å². The third-order valence-corrected chi connectivity index (χ3v) is 5.30. The van der Waals surface area contributed by atoms with Crippen molar-refractivity contribution in [1.29, 1.82) is 0 Å². The predicted octanol–water partition coefficient (Wildman–Crippen LogP) is 1.97. The smallest absolute Gasteiger partial charge is 0.330 e. The number of carbonyl (C=O) groups excluding carboxylic acids is 2. The summed E-state index contributed by atoms with van der Waals surface area (Å²) in [5, 5.41) is 12.1. The van der Waals surface area contributed by atoms with Crippen molar-refractivity contribution in [2.24, 2.45) is 11.8 Å². The summed E-state index contributed by atoms with van der Waals surface area (Å²) < 4.78 is 0. The molecule has 0 radical (unpaired) electrons. The monoisotopic (exact) mass is 344 g/mol. The molecule has 2 aliphatic rings. The summed E-state index contributed by atoms with van der Waals surface area (Å²) in [6.45, 7) is 1.16. The number of carboxylic acids is 1. The quantitative estimate of drug-likeness (QED) is 0.855. The fraction of sp³-hybridized carbons (Fsp3) is 0.526. The van der Waals surface area contributed by atoms with Crippen molar-refractivity contribution >= 4 is 17.8 Å². The Balaban J connectivity index is 1.55. The molecule has 0 bridgehead atoms. The van der Waals surface area contributed by atoms with E-state index in [-0.39, 0.29) is 23.7 Å². The van der Waals surface area contributed by atoms with E-state index in [9.17, 15) is 19.5 Å². The van der Waals surface area contributed by atoms with Gasteiger partial charge in [0.1, 0.15) is 0 Å². The molecule has 2 amide bonds. The fourth-order valence-electron chi connectivity index (χ4n) is 3.47. The van der Waals surface area contributed by atoms with E-state index in [4.69, 9.17) is 0 Å². The maximum absolute atomic E-state index is 12.5. The van der Waals surface area contributed by atoms with Gasteiger partial charge in [-0.3, -0.25) is 9.59 Å². The Labute approximate surface area is 147 Å². The molecule has 2 fully saturated rings. The Kier molecular flexibility index (Phi) is 5.36. The zero-order valence-electron chi connectivity index (χ0n) is 14.2. The van der Waals surface area contributed by atoms with Crippen molar-refractivity contribution in [3.8, 4) is 0 Å². The number of benzene rings is 1. The highest BCUT2D eigenvalue weighted by molar-refractivity contribution is 5.86. The van der Waals surface area contributed by atoms with Gasteiger partial charge < -0.3 is 15.3 Å². The van der Waals surface area contributed by atoms with Gasteiger partial charge in [0, 0.05) is 24.9 Å². The van der Waals surface area contributed by atoms with Crippen LogP contribution in [0.1, 0.15) is 43.7 Å². The lowest BCUT2D eigenvalue weighted by Gasteiger charge is -2.36. The number of amides is 2. The maximum Gasteiger partial charge on any atom is 0.330 e. The van der Waals surface area contributed by atoms with Crippen LogP contribution in [0.5, 0.6) is 0 Å². The van der Waals surface area contributed by atoms with Crippen LogP contribution < -0.4 is 5.32 Å². The Morgan fingerprint density at radius 2 is 1.64 bits per heavy atom. The first kappa shape index (κ1) is 17.5. The average Bonchev–Trinajstić information content (AvgIpc) is 2.58. The molecule has 1 aromatic rings. The third kappa shape index (κ3) is 4.00. The first-order valence-electron chi connectivity index (χ1n) is 8.93. The lowest BCUT2D eigenvalue weighted by atomic mass is 9.83. The van der Waals surface area contributed by atoms with Gasteiger partial charge in [0.15, 0.2) is 6.04 Å². The molecule has 0 aromatic heterocycles. The number of nitrogens with one attached hydrogen (secondary N) is 1. The van der Waals surface area contributed by atoms with Gasteiger partial charge in [0.2, 0.25) is 11.8 Å². The lowest BCUT2D eigenvalue weighted by molar-refractivity contribution is -0.144. The first-order valence-corrected chi connectivity index (χ1v) is 8.93. The Hall–Kier alpha value is -2.37. The molecule has 134 valence electrons. The Morgan fingerprint density at radius 1 is 1.00 bits per heavy atom. The zero-order valence-corrected chi connectivity index (χ0v) is 14.2. The number of rotatable bonds is 5. The summed E-state index contributed by atoms with van der Waals surface area (Å²) in [4.78, 5) is 38.1. The number of carbonyl (C=O) groups is 3. The van der Waals surface area contributed by atoms with Crippen LogP contribution in [-0.2, 0) is 14.4 Å². The standard InChI is InChI=1S/C19H24N2O4/c22-17(20-16(19(24)25)13-5-2-1-3-6-13)14-9-11-21(12-10-14)18(23)15-7-4-8-15/h1-3,5-6,14-16H,4,7-12H2,(H,20,22)(H,24,25)/t16-/m0/s1. The lowest BCUT2D eigenvalue weighted by Crippen LogP contribution is -2.47. The minimum absolute atomic E-state index is 0.180. The van der Waals surface area contributed by atoms with Crippen LogP contribution in [0.25, 0.3) is 0 Å². The first-order chi connectivity index (χ1) is 12.1. The normalized spacial score (nSPS) is 19.8.